The number of piperazine rings is 1. The first kappa shape index (κ1) is 21.8. The molecule has 0 saturated carbocycles. The normalized spacial score (nSPS) is 13.8. The number of rotatable bonds is 3. The van der Waals surface area contributed by atoms with Gasteiger partial charge in [0.25, 0.3) is 5.91 Å². The summed E-state index contributed by atoms with van der Waals surface area (Å²) < 4.78 is 16.1. The van der Waals surface area contributed by atoms with E-state index in [1.54, 1.807) is 12.3 Å². The molecule has 0 N–H and O–H groups in total. The third kappa shape index (κ3) is 3.82. The summed E-state index contributed by atoms with van der Waals surface area (Å²) in [5.41, 5.74) is 4.24. The minimum absolute atomic E-state index is 0. The van der Waals surface area contributed by atoms with Crippen molar-refractivity contribution >= 4 is 34.9 Å². The lowest BCUT2D eigenvalue weighted by Gasteiger charge is -2.36. The highest BCUT2D eigenvalue weighted by Crippen LogP contribution is 2.34. The molecule has 32 heavy (non-hydrogen) atoms. The molecule has 0 bridgehead atoms. The van der Waals surface area contributed by atoms with Gasteiger partial charge >= 0.3 is 0 Å². The van der Waals surface area contributed by atoms with Crippen LogP contribution in [0.15, 0.2) is 73.1 Å². The van der Waals surface area contributed by atoms with E-state index in [0.717, 1.165) is 35.6 Å². The number of benzene rings is 2. The van der Waals surface area contributed by atoms with Crippen molar-refractivity contribution in [3.05, 3.63) is 84.4 Å². The maximum atomic E-state index is 14.2. The zero-order chi connectivity index (χ0) is 21.4. The lowest BCUT2D eigenvalue weighted by Crippen LogP contribution is -2.48. The minimum atomic E-state index is -0.340. The highest BCUT2D eigenvalue weighted by atomic mass is 35.5. The van der Waals surface area contributed by atoms with Crippen LogP contribution in [0.25, 0.3) is 22.2 Å². The van der Waals surface area contributed by atoms with Gasteiger partial charge in [0.2, 0.25) is 0 Å². The Bertz CT molecular complexity index is 1240. The van der Waals surface area contributed by atoms with Crippen molar-refractivity contribution in [2.24, 2.45) is 7.05 Å². The summed E-state index contributed by atoms with van der Waals surface area (Å²) >= 11 is 0. The second-order valence-electron chi connectivity index (χ2n) is 7.80. The van der Waals surface area contributed by atoms with Crippen LogP contribution in [0.1, 0.15) is 10.4 Å². The smallest absolute Gasteiger partial charge is 0.256 e. The number of halogens is 2. The molecule has 0 unspecified atom stereocenters. The molecule has 7 heteroatoms. The van der Waals surface area contributed by atoms with E-state index in [1.165, 1.54) is 12.1 Å². The van der Waals surface area contributed by atoms with Crippen LogP contribution in [0.3, 0.4) is 0 Å². The molecule has 0 radical (unpaired) electrons. The largest absolute Gasteiger partial charge is 0.367 e. The minimum Gasteiger partial charge on any atom is -0.367 e. The lowest BCUT2D eigenvalue weighted by atomic mass is 10.0. The standard InChI is InChI=1S/C25H23FN4O.ClH/c1-28-22-10-9-19(26)16-21(22)23(24(28)18-6-3-2-4-7-18)25(31)30-14-12-29(13-15-30)20-8-5-11-27-17-20;/h2-11,16-17H,12-15H2,1H3;1H. The molecule has 5 nitrogen and oxygen atoms in total. The average molecular weight is 451 g/mol. The van der Waals surface area contributed by atoms with E-state index in [-0.39, 0.29) is 24.1 Å². The van der Waals surface area contributed by atoms with Crippen LogP contribution in [0.4, 0.5) is 10.1 Å². The number of aromatic nitrogens is 2. The van der Waals surface area contributed by atoms with Gasteiger partial charge in [-0.15, -0.1) is 12.4 Å². The van der Waals surface area contributed by atoms with Gasteiger partial charge in [0.05, 0.1) is 23.1 Å². The van der Waals surface area contributed by atoms with Crippen molar-refractivity contribution in [3.63, 3.8) is 0 Å². The number of carbonyl (C=O) groups is 1. The third-order valence-corrected chi connectivity index (χ3v) is 6.00. The summed E-state index contributed by atoms with van der Waals surface area (Å²) in [6.45, 7) is 2.68. The number of pyridine rings is 1. The van der Waals surface area contributed by atoms with Crippen molar-refractivity contribution < 1.29 is 9.18 Å². The quantitative estimate of drug-likeness (QED) is 0.451. The summed E-state index contributed by atoms with van der Waals surface area (Å²) in [6, 6.07) is 18.4. The lowest BCUT2D eigenvalue weighted by molar-refractivity contribution is 0.0749. The molecule has 1 fully saturated rings. The van der Waals surface area contributed by atoms with Gasteiger partial charge in [-0.05, 0) is 35.9 Å². The van der Waals surface area contributed by atoms with Crippen LogP contribution in [0.2, 0.25) is 0 Å². The Morgan fingerprint density at radius 3 is 2.41 bits per heavy atom. The van der Waals surface area contributed by atoms with Gasteiger partial charge in [-0.2, -0.15) is 0 Å². The maximum Gasteiger partial charge on any atom is 0.256 e. The number of carbonyl (C=O) groups excluding carboxylic acids is 1. The zero-order valence-corrected chi connectivity index (χ0v) is 18.6. The van der Waals surface area contributed by atoms with Gasteiger partial charge in [0.1, 0.15) is 5.82 Å². The van der Waals surface area contributed by atoms with E-state index in [0.29, 0.717) is 24.0 Å². The Morgan fingerprint density at radius 2 is 1.72 bits per heavy atom. The summed E-state index contributed by atoms with van der Waals surface area (Å²) in [4.78, 5) is 22.0. The van der Waals surface area contributed by atoms with Crippen LogP contribution in [0, 0.1) is 5.82 Å². The van der Waals surface area contributed by atoms with Gasteiger partial charge in [-0.3, -0.25) is 9.78 Å². The number of nitrogens with zero attached hydrogens (tertiary/aromatic N) is 4. The predicted molar refractivity (Wildman–Crippen MR) is 128 cm³/mol. The zero-order valence-electron chi connectivity index (χ0n) is 17.7. The average Bonchev–Trinajstić information content (AvgIpc) is 3.11. The molecular formula is C25H24ClFN4O. The van der Waals surface area contributed by atoms with E-state index in [2.05, 4.69) is 9.88 Å². The van der Waals surface area contributed by atoms with Crippen molar-refractivity contribution in [1.29, 1.82) is 0 Å². The molecule has 0 aliphatic carbocycles. The molecule has 0 atom stereocenters. The summed E-state index contributed by atoms with van der Waals surface area (Å²) in [7, 11) is 1.93. The first-order chi connectivity index (χ1) is 15.1. The molecule has 4 aromatic rings. The second-order valence-corrected chi connectivity index (χ2v) is 7.80. The Balaban J connectivity index is 0.00000245. The monoisotopic (exact) mass is 450 g/mol. The molecular weight excluding hydrogens is 427 g/mol. The molecule has 1 aliphatic rings. The van der Waals surface area contributed by atoms with Crippen LogP contribution >= 0.6 is 12.4 Å². The molecule has 0 spiro atoms. The van der Waals surface area contributed by atoms with Crippen molar-refractivity contribution in [2.45, 2.75) is 0 Å². The molecule has 1 saturated heterocycles. The molecule has 164 valence electrons. The van der Waals surface area contributed by atoms with Gasteiger partial charge < -0.3 is 14.4 Å². The molecule has 5 rings (SSSR count). The molecule has 1 aliphatic heterocycles. The fourth-order valence-electron chi connectivity index (χ4n) is 4.43. The Kier molecular flexibility index (Phi) is 6.15. The number of aryl methyl sites for hydroxylation is 1. The highest BCUT2D eigenvalue weighted by molar-refractivity contribution is 6.12. The molecule has 1 amide bonds. The van der Waals surface area contributed by atoms with Crippen LogP contribution < -0.4 is 4.90 Å². The fraction of sp³-hybridized carbons (Fsp3) is 0.200. The number of anilines is 1. The number of hydrogen-bond acceptors (Lipinski definition) is 3. The topological polar surface area (TPSA) is 41.4 Å². The molecule has 2 aromatic carbocycles. The van der Waals surface area contributed by atoms with E-state index < -0.39 is 0 Å². The maximum absolute atomic E-state index is 14.2. The first-order valence-corrected chi connectivity index (χ1v) is 10.4. The highest BCUT2D eigenvalue weighted by Gasteiger charge is 2.29. The Hall–Kier alpha value is -3.38. The van der Waals surface area contributed by atoms with Gasteiger partial charge in [0, 0.05) is 50.3 Å². The molecule has 2 aromatic heterocycles. The SMILES string of the molecule is Cl.Cn1c(-c2ccccc2)c(C(=O)N2CCN(c3cccnc3)CC2)c2cc(F)ccc21. The van der Waals surface area contributed by atoms with Crippen molar-refractivity contribution in [3.8, 4) is 11.3 Å². The van der Waals surface area contributed by atoms with E-state index in [1.807, 2.05) is 65.2 Å². The van der Waals surface area contributed by atoms with Crippen molar-refractivity contribution in [1.82, 2.24) is 14.5 Å². The summed E-state index contributed by atoms with van der Waals surface area (Å²) in [5.74, 6) is -0.394. The van der Waals surface area contributed by atoms with Crippen molar-refractivity contribution in [2.75, 3.05) is 31.1 Å². The number of fused-ring (bicyclic) bond motifs is 1. The van der Waals surface area contributed by atoms with E-state index >= 15 is 0 Å². The first-order valence-electron chi connectivity index (χ1n) is 10.4. The fourth-order valence-corrected chi connectivity index (χ4v) is 4.43. The number of amides is 1. The third-order valence-electron chi connectivity index (χ3n) is 6.00. The summed E-state index contributed by atoms with van der Waals surface area (Å²) in [5, 5.41) is 0.654. The van der Waals surface area contributed by atoms with Gasteiger partial charge in [0.15, 0.2) is 0 Å². The van der Waals surface area contributed by atoms with E-state index in [9.17, 15) is 9.18 Å². The second kappa shape index (κ2) is 9.01. The van der Waals surface area contributed by atoms with Gasteiger partial charge in [-0.1, -0.05) is 30.3 Å². The van der Waals surface area contributed by atoms with Crippen LogP contribution in [0.5, 0.6) is 0 Å². The van der Waals surface area contributed by atoms with E-state index in [4.69, 9.17) is 0 Å². The predicted octanol–water partition coefficient (Wildman–Crippen LogP) is 4.76. The Morgan fingerprint density at radius 1 is 0.969 bits per heavy atom. The number of hydrogen-bond donors (Lipinski definition) is 0. The molecule has 3 heterocycles. The van der Waals surface area contributed by atoms with Crippen LogP contribution in [-0.2, 0) is 7.05 Å². The Labute approximate surface area is 192 Å². The van der Waals surface area contributed by atoms with Gasteiger partial charge in [-0.25, -0.2) is 4.39 Å². The van der Waals surface area contributed by atoms with Crippen LogP contribution in [-0.4, -0.2) is 46.5 Å². The summed E-state index contributed by atoms with van der Waals surface area (Å²) in [6.07, 6.45) is 3.60.